The Morgan fingerprint density at radius 1 is 1.15 bits per heavy atom. The zero-order valence-corrected chi connectivity index (χ0v) is 16.2. The lowest BCUT2D eigenvalue weighted by molar-refractivity contribution is -0.141. The van der Waals surface area contributed by atoms with Gasteiger partial charge in [-0.15, -0.1) is 0 Å². The summed E-state index contributed by atoms with van der Waals surface area (Å²) >= 11 is 1.10. The van der Waals surface area contributed by atoms with E-state index in [-0.39, 0.29) is 16.2 Å². The number of pyridine rings is 1. The van der Waals surface area contributed by atoms with E-state index >= 15 is 0 Å². The van der Waals surface area contributed by atoms with Crippen LogP contribution in [0.15, 0.2) is 29.7 Å². The van der Waals surface area contributed by atoms with Crippen molar-refractivity contribution in [1.82, 2.24) is 19.5 Å². The largest absolute Gasteiger partial charge is 0.433 e. The molecule has 1 unspecified atom stereocenters. The molecule has 0 radical (unpaired) electrons. The van der Waals surface area contributed by atoms with Crippen LogP contribution >= 0.6 is 11.8 Å². The lowest BCUT2D eigenvalue weighted by Gasteiger charge is -2.13. The van der Waals surface area contributed by atoms with E-state index in [9.17, 15) is 13.2 Å². The first kappa shape index (κ1) is 19.5. The Balaban J connectivity index is 1.94. The van der Waals surface area contributed by atoms with Gasteiger partial charge in [-0.05, 0) is 24.5 Å². The number of anilines is 1. The monoisotopic (exact) mass is 395 g/mol. The lowest BCUT2D eigenvalue weighted by Crippen LogP contribution is -2.11. The summed E-state index contributed by atoms with van der Waals surface area (Å²) in [4.78, 5) is 12.0. The molecule has 5 nitrogen and oxygen atoms in total. The van der Waals surface area contributed by atoms with Gasteiger partial charge in [-0.2, -0.15) is 13.2 Å². The zero-order valence-electron chi connectivity index (χ0n) is 15.4. The quantitative estimate of drug-likeness (QED) is 0.500. The number of rotatable bonds is 4. The summed E-state index contributed by atoms with van der Waals surface area (Å²) in [5.41, 5.74) is 7.44. The molecular weight excluding hydrogens is 375 g/mol. The normalized spacial score (nSPS) is 13.5. The maximum atomic E-state index is 12.9. The fourth-order valence-corrected chi connectivity index (χ4v) is 3.74. The third-order valence-corrected chi connectivity index (χ3v) is 5.25. The van der Waals surface area contributed by atoms with Crippen molar-refractivity contribution in [3.63, 3.8) is 0 Å². The molecule has 0 spiro atoms. The molecule has 9 heteroatoms. The van der Waals surface area contributed by atoms with E-state index in [1.54, 1.807) is 6.20 Å². The average molecular weight is 395 g/mol. The number of nitrogens with two attached hydrogens (primary N) is 1. The first-order chi connectivity index (χ1) is 12.6. The van der Waals surface area contributed by atoms with Crippen molar-refractivity contribution in [3.05, 3.63) is 41.5 Å². The predicted molar refractivity (Wildman–Crippen MR) is 101 cm³/mol. The van der Waals surface area contributed by atoms with Gasteiger partial charge < -0.3 is 10.3 Å². The van der Waals surface area contributed by atoms with Crippen molar-refractivity contribution in [2.75, 3.05) is 5.73 Å². The Morgan fingerprint density at radius 2 is 1.85 bits per heavy atom. The van der Waals surface area contributed by atoms with Crippen molar-refractivity contribution in [2.24, 2.45) is 7.05 Å². The van der Waals surface area contributed by atoms with Crippen LogP contribution in [0.2, 0.25) is 0 Å². The summed E-state index contributed by atoms with van der Waals surface area (Å²) < 4.78 is 40.8. The van der Waals surface area contributed by atoms with Gasteiger partial charge in [0, 0.05) is 24.7 Å². The summed E-state index contributed by atoms with van der Waals surface area (Å²) in [6.45, 7) is 6.09. The molecule has 0 amide bonds. The van der Waals surface area contributed by atoms with Crippen molar-refractivity contribution in [2.45, 2.75) is 43.3 Å². The molecule has 3 heterocycles. The predicted octanol–water partition coefficient (Wildman–Crippen LogP) is 4.94. The molecule has 144 valence electrons. The van der Waals surface area contributed by atoms with E-state index in [2.05, 4.69) is 35.0 Å². The lowest BCUT2D eigenvalue weighted by atomic mass is 10.0. The average Bonchev–Trinajstić information content (AvgIpc) is 2.90. The van der Waals surface area contributed by atoms with Crippen molar-refractivity contribution in [3.8, 4) is 0 Å². The molecule has 0 bridgehead atoms. The number of hydrogen-bond donors (Lipinski definition) is 1. The Hall–Kier alpha value is -2.29. The SMILES string of the molecule is CC(C)c1cn(C)c2cnc(C(C)Sc3nc(N)cc(C(F)(F)F)n3)cc12. The van der Waals surface area contributed by atoms with Crippen LogP contribution in [0.1, 0.15) is 48.9 Å². The number of hydrogen-bond acceptors (Lipinski definition) is 5. The van der Waals surface area contributed by atoms with Gasteiger partial charge >= 0.3 is 6.18 Å². The number of nitrogens with zero attached hydrogens (tertiary/aromatic N) is 4. The molecule has 0 fully saturated rings. The van der Waals surface area contributed by atoms with Crippen molar-refractivity contribution >= 4 is 28.5 Å². The van der Waals surface area contributed by atoms with E-state index in [0.29, 0.717) is 5.92 Å². The summed E-state index contributed by atoms with van der Waals surface area (Å²) in [5, 5.41) is 0.834. The fraction of sp³-hybridized carbons (Fsp3) is 0.389. The first-order valence-electron chi connectivity index (χ1n) is 8.39. The molecule has 27 heavy (non-hydrogen) atoms. The summed E-state index contributed by atoms with van der Waals surface area (Å²) in [6, 6.07) is 2.72. The smallest absolute Gasteiger partial charge is 0.384 e. The second kappa shape index (κ2) is 7.03. The first-order valence-corrected chi connectivity index (χ1v) is 9.27. The Kier molecular flexibility index (Phi) is 5.07. The van der Waals surface area contributed by atoms with Gasteiger partial charge in [-0.1, -0.05) is 25.6 Å². The van der Waals surface area contributed by atoms with Crippen LogP contribution in [-0.4, -0.2) is 19.5 Å². The fourth-order valence-electron chi connectivity index (χ4n) is 2.87. The van der Waals surface area contributed by atoms with E-state index in [4.69, 9.17) is 5.73 Å². The molecule has 0 aliphatic heterocycles. The maximum Gasteiger partial charge on any atom is 0.433 e. The highest BCUT2D eigenvalue weighted by Gasteiger charge is 2.33. The Morgan fingerprint density at radius 3 is 2.48 bits per heavy atom. The molecule has 2 N–H and O–H groups in total. The molecule has 3 aromatic rings. The molecule has 3 rings (SSSR count). The van der Waals surface area contributed by atoms with Crippen LogP contribution in [0, 0.1) is 0 Å². The molecule has 0 aliphatic rings. The third kappa shape index (κ3) is 4.02. The molecule has 0 aliphatic carbocycles. The number of alkyl halides is 3. The number of nitrogen functional groups attached to an aromatic ring is 1. The zero-order chi connectivity index (χ0) is 19.9. The minimum Gasteiger partial charge on any atom is -0.384 e. The van der Waals surface area contributed by atoms with Gasteiger partial charge in [-0.25, -0.2) is 9.97 Å². The topological polar surface area (TPSA) is 69.6 Å². The third-order valence-electron chi connectivity index (χ3n) is 4.26. The number of thioether (sulfide) groups is 1. The van der Waals surface area contributed by atoms with Crippen LogP contribution < -0.4 is 5.73 Å². The molecule has 0 saturated heterocycles. The molecule has 0 saturated carbocycles. The highest BCUT2D eigenvalue weighted by atomic mass is 32.2. The van der Waals surface area contributed by atoms with Gasteiger partial charge in [0.15, 0.2) is 10.9 Å². The molecule has 0 aromatic carbocycles. The van der Waals surface area contributed by atoms with Crippen LogP contribution in [0.4, 0.5) is 19.0 Å². The van der Waals surface area contributed by atoms with E-state index < -0.39 is 11.9 Å². The van der Waals surface area contributed by atoms with Crippen molar-refractivity contribution < 1.29 is 13.2 Å². The number of aromatic nitrogens is 4. The minimum atomic E-state index is -4.57. The van der Waals surface area contributed by atoms with Crippen LogP contribution in [0.3, 0.4) is 0 Å². The Bertz CT molecular complexity index is 981. The summed E-state index contributed by atoms with van der Waals surface area (Å²) in [6.07, 6.45) is -0.701. The number of aryl methyl sites for hydroxylation is 1. The van der Waals surface area contributed by atoms with Crippen molar-refractivity contribution in [1.29, 1.82) is 0 Å². The minimum absolute atomic E-state index is 0.0196. The van der Waals surface area contributed by atoms with Gasteiger partial charge in [-0.3, -0.25) is 4.98 Å². The second-order valence-corrected chi connectivity index (χ2v) is 8.00. The molecule has 3 aromatic heterocycles. The van der Waals surface area contributed by atoms with E-state index in [1.807, 2.05) is 24.6 Å². The summed E-state index contributed by atoms with van der Waals surface area (Å²) in [7, 11) is 1.97. The van der Waals surface area contributed by atoms with Crippen LogP contribution in [0.25, 0.3) is 10.9 Å². The van der Waals surface area contributed by atoms with Crippen LogP contribution in [0.5, 0.6) is 0 Å². The number of halogens is 3. The molecular formula is C18H20F3N5S. The number of fused-ring (bicyclic) bond motifs is 1. The highest BCUT2D eigenvalue weighted by molar-refractivity contribution is 7.99. The molecule has 1 atom stereocenters. The van der Waals surface area contributed by atoms with E-state index in [1.165, 1.54) is 5.56 Å². The van der Waals surface area contributed by atoms with Gasteiger partial charge in [0.1, 0.15) is 5.82 Å². The Labute approximate surface area is 159 Å². The van der Waals surface area contributed by atoms with E-state index in [0.717, 1.165) is 34.4 Å². The van der Waals surface area contributed by atoms with Crippen LogP contribution in [-0.2, 0) is 13.2 Å². The van der Waals surface area contributed by atoms with Gasteiger partial charge in [0.25, 0.3) is 0 Å². The summed E-state index contributed by atoms with van der Waals surface area (Å²) in [5.74, 6) is 0.138. The maximum absolute atomic E-state index is 12.9. The van der Waals surface area contributed by atoms with Gasteiger partial charge in [0.2, 0.25) is 0 Å². The second-order valence-electron chi connectivity index (χ2n) is 6.69. The highest BCUT2D eigenvalue weighted by Crippen LogP contribution is 2.37. The van der Waals surface area contributed by atoms with Gasteiger partial charge in [0.05, 0.1) is 22.7 Å². The standard InChI is InChI=1S/C18H20F3N5S/c1-9(2)12-8-26(4)14-7-23-13(5-11(12)14)10(3)27-17-24-15(18(19,20)21)6-16(22)25-17/h5-10H,1-4H3,(H2,22,24,25).